The third kappa shape index (κ3) is 1.68. The lowest BCUT2D eigenvalue weighted by atomic mass is 9.83. The van der Waals surface area contributed by atoms with Gasteiger partial charge in [-0.2, -0.15) is 0 Å². The second-order valence-electron chi connectivity index (χ2n) is 2.95. The van der Waals surface area contributed by atoms with Crippen molar-refractivity contribution in [2.45, 2.75) is 44.6 Å². The summed E-state index contributed by atoms with van der Waals surface area (Å²) in [5.74, 6) is 0. The molecule has 1 saturated carbocycles. The fraction of sp³-hybridized carbons (Fsp3) is 0.875. The zero-order chi connectivity index (χ0) is 6.74. The van der Waals surface area contributed by atoms with Crippen LogP contribution in [0.5, 0.6) is 0 Å². The Labute approximate surface area is 57.1 Å². The number of rotatable bonds is 1. The van der Waals surface area contributed by atoms with E-state index in [4.69, 9.17) is 0 Å². The van der Waals surface area contributed by atoms with Gasteiger partial charge in [0.05, 0.1) is 5.60 Å². The van der Waals surface area contributed by atoms with Gasteiger partial charge in [0.1, 0.15) is 0 Å². The Morgan fingerprint density at radius 3 is 2.11 bits per heavy atom. The molecule has 53 valence electrons. The van der Waals surface area contributed by atoms with E-state index >= 15 is 0 Å². The van der Waals surface area contributed by atoms with Crippen LogP contribution in [-0.4, -0.2) is 10.7 Å². The van der Waals surface area contributed by atoms with Crippen LogP contribution in [-0.2, 0) is 0 Å². The van der Waals surface area contributed by atoms with Crippen molar-refractivity contribution in [1.82, 2.24) is 0 Å². The van der Waals surface area contributed by atoms with E-state index in [2.05, 4.69) is 0 Å². The summed E-state index contributed by atoms with van der Waals surface area (Å²) >= 11 is 0. The minimum absolute atomic E-state index is 0.405. The highest BCUT2D eigenvalue weighted by molar-refractivity contribution is 4.91. The first kappa shape index (κ1) is 7.07. The Morgan fingerprint density at radius 1 is 1.22 bits per heavy atom. The standard InChI is InChI=1S/C8H15O/c1-2-8(9)6-4-3-5-7-8/h2,9H,3-7H2,1H3. The molecule has 0 aliphatic heterocycles. The normalized spacial score (nSPS) is 26.0. The molecule has 0 amide bonds. The Bertz CT molecular complexity index is 82.6. The van der Waals surface area contributed by atoms with Crippen molar-refractivity contribution in [2.75, 3.05) is 0 Å². The Kier molecular flexibility index (Phi) is 2.12. The van der Waals surface area contributed by atoms with Gasteiger partial charge in [0, 0.05) is 0 Å². The van der Waals surface area contributed by atoms with Crippen molar-refractivity contribution in [3.8, 4) is 0 Å². The summed E-state index contributed by atoms with van der Waals surface area (Å²) in [6.45, 7) is 1.95. The fourth-order valence-corrected chi connectivity index (χ4v) is 1.45. The van der Waals surface area contributed by atoms with E-state index in [1.54, 1.807) is 0 Å². The Hall–Kier alpha value is -0.0400. The van der Waals surface area contributed by atoms with Gasteiger partial charge in [-0.05, 0) is 19.3 Å². The summed E-state index contributed by atoms with van der Waals surface area (Å²) in [6.07, 6.45) is 7.58. The van der Waals surface area contributed by atoms with E-state index in [1.165, 1.54) is 19.3 Å². The van der Waals surface area contributed by atoms with Gasteiger partial charge in [-0.1, -0.05) is 26.2 Å². The van der Waals surface area contributed by atoms with Crippen molar-refractivity contribution in [3.05, 3.63) is 6.42 Å². The molecule has 1 heteroatoms. The fourth-order valence-electron chi connectivity index (χ4n) is 1.45. The summed E-state index contributed by atoms with van der Waals surface area (Å²) in [4.78, 5) is 0. The van der Waals surface area contributed by atoms with Crippen LogP contribution in [0.25, 0.3) is 0 Å². The molecule has 0 aromatic carbocycles. The largest absolute Gasteiger partial charge is 0.390 e. The third-order valence-electron chi connectivity index (χ3n) is 2.26. The van der Waals surface area contributed by atoms with Crippen LogP contribution in [0.15, 0.2) is 0 Å². The molecular formula is C8H15O. The molecule has 9 heavy (non-hydrogen) atoms. The lowest BCUT2D eigenvalue weighted by Crippen LogP contribution is -2.30. The summed E-state index contributed by atoms with van der Waals surface area (Å²) < 4.78 is 0. The molecule has 1 aliphatic carbocycles. The van der Waals surface area contributed by atoms with Crippen molar-refractivity contribution in [2.24, 2.45) is 0 Å². The van der Waals surface area contributed by atoms with E-state index in [0.717, 1.165) is 12.8 Å². The summed E-state index contributed by atoms with van der Waals surface area (Å²) in [6, 6.07) is 0. The molecule has 0 atom stereocenters. The topological polar surface area (TPSA) is 20.2 Å². The monoisotopic (exact) mass is 127 g/mol. The number of hydrogen-bond donors (Lipinski definition) is 1. The molecule has 0 unspecified atom stereocenters. The molecule has 1 nitrogen and oxygen atoms in total. The molecular weight excluding hydrogens is 112 g/mol. The van der Waals surface area contributed by atoms with Gasteiger partial charge in [0.25, 0.3) is 0 Å². The average Bonchev–Trinajstić information content (AvgIpc) is 1.90. The predicted octanol–water partition coefficient (Wildman–Crippen LogP) is 1.91. The first-order valence-corrected chi connectivity index (χ1v) is 3.80. The first-order chi connectivity index (χ1) is 4.27. The number of hydrogen-bond acceptors (Lipinski definition) is 1. The van der Waals surface area contributed by atoms with Crippen LogP contribution in [0, 0.1) is 6.42 Å². The highest BCUT2D eigenvalue weighted by Gasteiger charge is 2.26. The second-order valence-corrected chi connectivity index (χ2v) is 2.95. The van der Waals surface area contributed by atoms with Gasteiger partial charge in [-0.25, -0.2) is 0 Å². The van der Waals surface area contributed by atoms with Crippen LogP contribution >= 0.6 is 0 Å². The SMILES string of the molecule is C[CH]C1(O)CCCCC1. The smallest absolute Gasteiger partial charge is 0.0676 e. The molecule has 1 N–H and O–H groups in total. The van der Waals surface area contributed by atoms with E-state index in [-0.39, 0.29) is 0 Å². The summed E-state index contributed by atoms with van der Waals surface area (Å²) in [5, 5.41) is 9.62. The molecule has 0 heterocycles. The average molecular weight is 127 g/mol. The third-order valence-corrected chi connectivity index (χ3v) is 2.26. The second kappa shape index (κ2) is 2.70. The maximum atomic E-state index is 9.62. The van der Waals surface area contributed by atoms with Crippen LogP contribution in [0.3, 0.4) is 0 Å². The van der Waals surface area contributed by atoms with Gasteiger partial charge >= 0.3 is 0 Å². The van der Waals surface area contributed by atoms with Crippen LogP contribution in [0.2, 0.25) is 0 Å². The summed E-state index contributed by atoms with van der Waals surface area (Å²) in [5.41, 5.74) is -0.405. The van der Waals surface area contributed by atoms with E-state index < -0.39 is 5.60 Å². The maximum Gasteiger partial charge on any atom is 0.0676 e. The van der Waals surface area contributed by atoms with Crippen molar-refractivity contribution < 1.29 is 5.11 Å². The lowest BCUT2D eigenvalue weighted by Gasteiger charge is -2.30. The summed E-state index contributed by atoms with van der Waals surface area (Å²) in [7, 11) is 0. The lowest BCUT2D eigenvalue weighted by molar-refractivity contribution is 0.0359. The number of aliphatic hydroxyl groups is 1. The van der Waals surface area contributed by atoms with Crippen molar-refractivity contribution >= 4 is 0 Å². The molecule has 0 saturated heterocycles. The molecule has 1 radical (unpaired) electrons. The van der Waals surface area contributed by atoms with Gasteiger partial charge < -0.3 is 5.11 Å². The maximum absolute atomic E-state index is 9.62. The van der Waals surface area contributed by atoms with Gasteiger partial charge in [-0.15, -0.1) is 0 Å². The predicted molar refractivity (Wildman–Crippen MR) is 38.0 cm³/mol. The Balaban J connectivity index is 2.37. The van der Waals surface area contributed by atoms with Gasteiger partial charge in [-0.3, -0.25) is 0 Å². The minimum Gasteiger partial charge on any atom is -0.390 e. The highest BCUT2D eigenvalue weighted by atomic mass is 16.3. The molecule has 1 fully saturated rings. The van der Waals surface area contributed by atoms with Crippen molar-refractivity contribution in [3.63, 3.8) is 0 Å². The zero-order valence-electron chi connectivity index (χ0n) is 6.06. The molecule has 0 bridgehead atoms. The zero-order valence-corrected chi connectivity index (χ0v) is 6.06. The van der Waals surface area contributed by atoms with Crippen molar-refractivity contribution in [1.29, 1.82) is 0 Å². The van der Waals surface area contributed by atoms with E-state index in [0.29, 0.717) is 0 Å². The molecule has 0 aromatic heterocycles. The van der Waals surface area contributed by atoms with E-state index in [1.807, 2.05) is 13.3 Å². The quantitative estimate of drug-likeness (QED) is 0.570. The molecule has 1 rings (SSSR count). The molecule has 0 aromatic rings. The molecule has 0 spiro atoms. The van der Waals surface area contributed by atoms with Crippen LogP contribution in [0.4, 0.5) is 0 Å². The molecule has 1 aliphatic rings. The van der Waals surface area contributed by atoms with E-state index in [9.17, 15) is 5.11 Å². The first-order valence-electron chi connectivity index (χ1n) is 3.80. The van der Waals surface area contributed by atoms with Crippen LogP contribution in [0.1, 0.15) is 39.0 Å². The minimum atomic E-state index is -0.405. The van der Waals surface area contributed by atoms with Gasteiger partial charge in [0.2, 0.25) is 0 Å². The van der Waals surface area contributed by atoms with Crippen LogP contribution < -0.4 is 0 Å². The highest BCUT2D eigenvalue weighted by Crippen LogP contribution is 2.29. The Morgan fingerprint density at radius 2 is 1.78 bits per heavy atom. The van der Waals surface area contributed by atoms with Gasteiger partial charge in [0.15, 0.2) is 0 Å².